The molecule has 1 saturated heterocycles. The number of rotatable bonds is 4. The van der Waals surface area contributed by atoms with Gasteiger partial charge in [-0.1, -0.05) is 48.5 Å². The van der Waals surface area contributed by atoms with E-state index in [1.807, 2.05) is 18.2 Å². The Bertz CT molecular complexity index is 869. The van der Waals surface area contributed by atoms with Gasteiger partial charge in [0.05, 0.1) is 0 Å². The van der Waals surface area contributed by atoms with Gasteiger partial charge in [0.1, 0.15) is 0 Å². The molecule has 1 fully saturated rings. The highest BCUT2D eigenvalue weighted by atomic mass is 16.2. The Balaban J connectivity index is 1.48. The van der Waals surface area contributed by atoms with E-state index in [0.29, 0.717) is 19.0 Å². The molecule has 0 aromatic heterocycles. The van der Waals surface area contributed by atoms with Gasteiger partial charge in [0.2, 0.25) is 0 Å². The molecule has 160 valence electrons. The van der Waals surface area contributed by atoms with Crippen LogP contribution in [0.25, 0.3) is 0 Å². The molecule has 0 aliphatic carbocycles. The van der Waals surface area contributed by atoms with Crippen LogP contribution in [0.3, 0.4) is 0 Å². The summed E-state index contributed by atoms with van der Waals surface area (Å²) in [5.74, 6) is 0.611. The van der Waals surface area contributed by atoms with Gasteiger partial charge in [-0.15, -0.1) is 0 Å². The van der Waals surface area contributed by atoms with Crippen molar-refractivity contribution in [3.05, 3.63) is 70.8 Å². The molecule has 30 heavy (non-hydrogen) atoms. The van der Waals surface area contributed by atoms with E-state index < -0.39 is 0 Å². The van der Waals surface area contributed by atoms with Crippen molar-refractivity contribution in [1.82, 2.24) is 15.1 Å². The monoisotopic (exact) mass is 405 g/mol. The molecular formula is C26H35N3O. The van der Waals surface area contributed by atoms with Gasteiger partial charge in [-0.25, -0.2) is 4.79 Å². The van der Waals surface area contributed by atoms with Crippen molar-refractivity contribution >= 4 is 6.03 Å². The zero-order chi connectivity index (χ0) is 21.1. The average molecular weight is 406 g/mol. The first kappa shape index (κ1) is 20.9. The van der Waals surface area contributed by atoms with E-state index in [2.05, 4.69) is 66.3 Å². The topological polar surface area (TPSA) is 35.6 Å². The number of carbonyl (C=O) groups excluding carboxylic acids is 1. The van der Waals surface area contributed by atoms with Crippen molar-refractivity contribution in [3.8, 4) is 0 Å². The highest BCUT2D eigenvalue weighted by Gasteiger charge is 2.37. The smallest absolute Gasteiger partial charge is 0.318 e. The Morgan fingerprint density at radius 3 is 2.53 bits per heavy atom. The number of hydrogen-bond acceptors (Lipinski definition) is 2. The second-order valence-corrected chi connectivity index (χ2v) is 9.61. The van der Waals surface area contributed by atoms with Crippen LogP contribution in [0.4, 0.5) is 4.79 Å². The minimum absolute atomic E-state index is 0.0553. The second kappa shape index (κ2) is 8.81. The van der Waals surface area contributed by atoms with Crippen LogP contribution in [0, 0.1) is 0 Å². The van der Waals surface area contributed by atoms with Crippen LogP contribution in [-0.4, -0.2) is 48.1 Å². The number of hydrogen-bond donors (Lipinski definition) is 1. The molecule has 0 unspecified atom stereocenters. The molecule has 2 amide bonds. The maximum Gasteiger partial charge on any atom is 0.318 e. The lowest BCUT2D eigenvalue weighted by molar-refractivity contribution is 0.119. The SMILES string of the molecule is CN1CCC(c2cccc3c2CN(C(=O)NCCc2ccccc2)C(C)(C)C3)CC1. The maximum absolute atomic E-state index is 13.2. The summed E-state index contributed by atoms with van der Waals surface area (Å²) in [5.41, 5.74) is 5.35. The Labute approximate surface area is 181 Å². The summed E-state index contributed by atoms with van der Waals surface area (Å²) in [5, 5.41) is 3.17. The molecule has 4 nitrogen and oxygen atoms in total. The number of piperidine rings is 1. The van der Waals surface area contributed by atoms with Crippen molar-refractivity contribution in [1.29, 1.82) is 0 Å². The van der Waals surface area contributed by atoms with E-state index in [0.717, 1.165) is 25.9 Å². The lowest BCUT2D eigenvalue weighted by atomic mass is 9.79. The van der Waals surface area contributed by atoms with E-state index in [1.54, 1.807) is 0 Å². The Kier molecular flexibility index (Phi) is 6.14. The Hall–Kier alpha value is -2.33. The number of benzene rings is 2. The van der Waals surface area contributed by atoms with Crippen LogP contribution in [0.5, 0.6) is 0 Å². The third kappa shape index (κ3) is 4.54. The quantitative estimate of drug-likeness (QED) is 0.808. The Morgan fingerprint density at radius 2 is 1.80 bits per heavy atom. The zero-order valence-electron chi connectivity index (χ0n) is 18.7. The molecular weight excluding hydrogens is 370 g/mol. The predicted octanol–water partition coefficient (Wildman–Crippen LogP) is 4.58. The number of likely N-dealkylation sites (tertiary alicyclic amines) is 1. The van der Waals surface area contributed by atoms with Gasteiger partial charge in [0.15, 0.2) is 0 Å². The third-order valence-corrected chi connectivity index (χ3v) is 6.92. The maximum atomic E-state index is 13.2. The summed E-state index contributed by atoms with van der Waals surface area (Å²) < 4.78 is 0. The van der Waals surface area contributed by atoms with Crippen LogP contribution in [0.1, 0.15) is 54.9 Å². The molecule has 2 aromatic rings. The summed E-state index contributed by atoms with van der Waals surface area (Å²) in [6, 6.07) is 17.2. The van der Waals surface area contributed by atoms with Crippen LogP contribution >= 0.6 is 0 Å². The van der Waals surface area contributed by atoms with E-state index in [4.69, 9.17) is 0 Å². The van der Waals surface area contributed by atoms with Gasteiger partial charge in [-0.2, -0.15) is 0 Å². The fourth-order valence-electron chi connectivity index (χ4n) is 5.05. The third-order valence-electron chi connectivity index (χ3n) is 6.92. The van der Waals surface area contributed by atoms with E-state index in [9.17, 15) is 4.79 Å². The predicted molar refractivity (Wildman–Crippen MR) is 123 cm³/mol. The van der Waals surface area contributed by atoms with Crippen LogP contribution < -0.4 is 5.32 Å². The molecule has 2 aliphatic rings. The standard InChI is InChI=1S/C26H35N3O/c1-26(2)18-22-10-7-11-23(21-13-16-28(3)17-14-21)24(22)19-29(26)25(30)27-15-12-20-8-5-4-6-9-20/h4-11,21H,12-19H2,1-3H3,(H,27,30). The molecule has 0 radical (unpaired) electrons. The highest BCUT2D eigenvalue weighted by Crippen LogP contribution is 2.37. The molecule has 1 N–H and O–H groups in total. The first-order chi connectivity index (χ1) is 14.4. The second-order valence-electron chi connectivity index (χ2n) is 9.61. The number of nitrogens with one attached hydrogen (secondary N) is 1. The molecule has 4 rings (SSSR count). The van der Waals surface area contributed by atoms with Crippen LogP contribution in [0.15, 0.2) is 48.5 Å². The van der Waals surface area contributed by atoms with Gasteiger partial charge in [0, 0.05) is 18.6 Å². The molecule has 4 heteroatoms. The zero-order valence-corrected chi connectivity index (χ0v) is 18.7. The minimum atomic E-state index is -0.185. The molecule has 0 saturated carbocycles. The normalized spacial score (nSPS) is 19.4. The van der Waals surface area contributed by atoms with Gasteiger partial charge >= 0.3 is 6.03 Å². The summed E-state index contributed by atoms with van der Waals surface area (Å²) in [4.78, 5) is 17.6. The number of nitrogens with zero attached hydrogens (tertiary/aromatic N) is 2. The number of urea groups is 1. The van der Waals surface area contributed by atoms with Crippen molar-refractivity contribution in [2.45, 2.75) is 57.5 Å². The number of fused-ring (bicyclic) bond motifs is 1. The van der Waals surface area contributed by atoms with Crippen molar-refractivity contribution in [2.24, 2.45) is 0 Å². The fraction of sp³-hybridized carbons (Fsp3) is 0.500. The number of amides is 2. The van der Waals surface area contributed by atoms with Crippen LogP contribution in [-0.2, 0) is 19.4 Å². The van der Waals surface area contributed by atoms with Crippen LogP contribution in [0.2, 0.25) is 0 Å². The average Bonchev–Trinajstić information content (AvgIpc) is 2.73. The summed E-state index contributed by atoms with van der Waals surface area (Å²) in [6.07, 6.45) is 4.19. The lowest BCUT2D eigenvalue weighted by Crippen LogP contribution is -2.55. The first-order valence-corrected chi connectivity index (χ1v) is 11.3. The molecule has 2 heterocycles. The summed E-state index contributed by atoms with van der Waals surface area (Å²) in [7, 11) is 2.21. The van der Waals surface area contributed by atoms with E-state index in [1.165, 1.54) is 35.1 Å². The van der Waals surface area contributed by atoms with E-state index >= 15 is 0 Å². The molecule has 0 atom stereocenters. The van der Waals surface area contributed by atoms with E-state index in [-0.39, 0.29) is 11.6 Å². The molecule has 0 bridgehead atoms. The fourth-order valence-corrected chi connectivity index (χ4v) is 5.05. The molecule has 0 spiro atoms. The molecule has 2 aromatic carbocycles. The van der Waals surface area contributed by atoms with Gasteiger partial charge in [0.25, 0.3) is 0 Å². The Morgan fingerprint density at radius 1 is 1.07 bits per heavy atom. The van der Waals surface area contributed by atoms with Gasteiger partial charge in [-0.3, -0.25) is 0 Å². The van der Waals surface area contributed by atoms with Gasteiger partial charge in [-0.05, 0) is 87.8 Å². The van der Waals surface area contributed by atoms with Crippen molar-refractivity contribution < 1.29 is 4.79 Å². The highest BCUT2D eigenvalue weighted by molar-refractivity contribution is 5.75. The number of carbonyl (C=O) groups is 1. The lowest BCUT2D eigenvalue weighted by Gasteiger charge is -2.44. The van der Waals surface area contributed by atoms with Crippen molar-refractivity contribution in [3.63, 3.8) is 0 Å². The van der Waals surface area contributed by atoms with Gasteiger partial charge < -0.3 is 15.1 Å². The minimum Gasteiger partial charge on any atom is -0.338 e. The van der Waals surface area contributed by atoms with Crippen molar-refractivity contribution in [2.75, 3.05) is 26.7 Å². The first-order valence-electron chi connectivity index (χ1n) is 11.3. The molecule has 2 aliphatic heterocycles. The summed E-state index contributed by atoms with van der Waals surface area (Å²) >= 11 is 0. The largest absolute Gasteiger partial charge is 0.338 e. The summed E-state index contributed by atoms with van der Waals surface area (Å²) in [6.45, 7) is 8.07.